The van der Waals surface area contributed by atoms with Crippen LogP contribution in [-0.2, 0) is 19.9 Å². The molecule has 0 saturated carbocycles. The lowest BCUT2D eigenvalue weighted by Gasteiger charge is -2.36. The Balaban J connectivity index is 1.56. The molecule has 3 fully saturated rings. The van der Waals surface area contributed by atoms with Gasteiger partial charge in [-0.25, -0.2) is 9.29 Å². The summed E-state index contributed by atoms with van der Waals surface area (Å²) in [5.74, 6) is -3.38. The first-order valence-corrected chi connectivity index (χ1v) is 10.8. The summed E-state index contributed by atoms with van der Waals surface area (Å²) in [6.07, 6.45) is 1.53. The van der Waals surface area contributed by atoms with Crippen molar-refractivity contribution in [1.29, 1.82) is 0 Å². The van der Waals surface area contributed by atoms with Gasteiger partial charge < -0.3 is 5.32 Å². The van der Waals surface area contributed by atoms with Gasteiger partial charge in [0.05, 0.1) is 22.5 Å². The molecule has 4 aliphatic rings. The van der Waals surface area contributed by atoms with Crippen molar-refractivity contribution in [2.24, 2.45) is 11.8 Å². The van der Waals surface area contributed by atoms with Crippen LogP contribution in [0.4, 0.5) is 15.8 Å². The second kappa shape index (κ2) is 6.28. The summed E-state index contributed by atoms with van der Waals surface area (Å²) in [5.41, 5.74) is 0.145. The summed E-state index contributed by atoms with van der Waals surface area (Å²) in [7, 11) is 0. The fourth-order valence-corrected chi connectivity index (χ4v) is 6.40. The van der Waals surface area contributed by atoms with Gasteiger partial charge in [-0.15, -0.1) is 0 Å². The molecule has 1 N–H and O–H groups in total. The van der Waals surface area contributed by atoms with E-state index in [0.29, 0.717) is 29.2 Å². The van der Waals surface area contributed by atoms with E-state index in [9.17, 15) is 18.8 Å². The fourth-order valence-electron chi connectivity index (χ4n) is 6.05. The number of carbonyl (C=O) groups is 3. The fraction of sp³-hybridized carbons (Fsp3) is 0.318. The zero-order chi connectivity index (χ0) is 21.7. The van der Waals surface area contributed by atoms with Gasteiger partial charge >= 0.3 is 0 Å². The molecule has 1 spiro atoms. The second-order valence-corrected chi connectivity index (χ2v) is 9.27. The van der Waals surface area contributed by atoms with Crippen molar-refractivity contribution < 1.29 is 18.8 Å². The number of imide groups is 1. The van der Waals surface area contributed by atoms with E-state index >= 15 is 0 Å². The largest absolute Gasteiger partial charge is 0.324 e. The number of hydrogen-bond acceptors (Lipinski definition) is 4. The third-order valence-electron chi connectivity index (χ3n) is 7.12. The van der Waals surface area contributed by atoms with E-state index in [1.54, 1.807) is 18.2 Å². The SMILES string of the molecule is O=C1C2C3CCCN3C3(C(=O)Nc4ccc(Cl)cc43)C2C(=O)N1c1ccc(F)c(Cl)c1. The Morgan fingerprint density at radius 3 is 2.65 bits per heavy atom. The van der Waals surface area contributed by atoms with Crippen molar-refractivity contribution >= 4 is 52.3 Å². The number of hydrogen-bond donors (Lipinski definition) is 1. The van der Waals surface area contributed by atoms with E-state index in [0.717, 1.165) is 17.4 Å². The number of anilines is 2. The van der Waals surface area contributed by atoms with Crippen LogP contribution in [-0.4, -0.2) is 35.2 Å². The molecule has 0 bridgehead atoms. The summed E-state index contributed by atoms with van der Waals surface area (Å²) in [6.45, 7) is 0.611. The Labute approximate surface area is 186 Å². The molecule has 2 aromatic rings. The molecule has 3 amide bonds. The molecule has 2 aromatic carbocycles. The number of amides is 3. The van der Waals surface area contributed by atoms with Gasteiger partial charge in [0.1, 0.15) is 11.4 Å². The van der Waals surface area contributed by atoms with E-state index < -0.39 is 29.1 Å². The van der Waals surface area contributed by atoms with Gasteiger partial charge in [-0.1, -0.05) is 23.2 Å². The number of nitrogens with one attached hydrogen (secondary N) is 1. The van der Waals surface area contributed by atoms with E-state index in [1.807, 2.05) is 4.90 Å². The average molecular weight is 460 g/mol. The van der Waals surface area contributed by atoms with E-state index in [1.165, 1.54) is 12.1 Å². The number of nitrogens with zero attached hydrogens (tertiary/aromatic N) is 2. The van der Waals surface area contributed by atoms with Crippen LogP contribution in [0.3, 0.4) is 0 Å². The molecule has 0 aliphatic carbocycles. The topological polar surface area (TPSA) is 69.7 Å². The lowest BCUT2D eigenvalue weighted by Crippen LogP contribution is -2.54. The highest BCUT2D eigenvalue weighted by Crippen LogP contribution is 2.60. The zero-order valence-electron chi connectivity index (χ0n) is 16.1. The normalized spacial score (nSPS) is 31.4. The molecule has 0 aromatic heterocycles. The van der Waals surface area contributed by atoms with Crippen LogP contribution in [0.2, 0.25) is 10.0 Å². The van der Waals surface area contributed by atoms with E-state index in [2.05, 4.69) is 5.32 Å². The molecule has 158 valence electrons. The highest BCUT2D eigenvalue weighted by atomic mass is 35.5. The predicted octanol–water partition coefficient (Wildman–Crippen LogP) is 3.56. The van der Waals surface area contributed by atoms with Gasteiger partial charge in [0, 0.05) is 22.3 Å². The zero-order valence-corrected chi connectivity index (χ0v) is 17.6. The summed E-state index contributed by atoms with van der Waals surface area (Å²) >= 11 is 12.2. The van der Waals surface area contributed by atoms with Crippen molar-refractivity contribution in [3.8, 4) is 0 Å². The predicted molar refractivity (Wildman–Crippen MR) is 112 cm³/mol. The van der Waals surface area contributed by atoms with Gasteiger partial charge in [0.25, 0.3) is 0 Å². The number of fused-ring (bicyclic) bond motifs is 7. The second-order valence-electron chi connectivity index (χ2n) is 8.43. The van der Waals surface area contributed by atoms with Crippen molar-refractivity contribution in [2.45, 2.75) is 24.4 Å². The van der Waals surface area contributed by atoms with E-state index in [4.69, 9.17) is 23.2 Å². The van der Waals surface area contributed by atoms with Crippen LogP contribution in [0.5, 0.6) is 0 Å². The van der Waals surface area contributed by atoms with Crippen molar-refractivity contribution in [3.05, 3.63) is 57.8 Å². The average Bonchev–Trinajstić information content (AvgIpc) is 3.43. The quantitative estimate of drug-likeness (QED) is 0.661. The van der Waals surface area contributed by atoms with Crippen LogP contribution in [0.1, 0.15) is 18.4 Å². The Hall–Kier alpha value is -2.48. The highest BCUT2D eigenvalue weighted by Gasteiger charge is 2.74. The molecule has 3 saturated heterocycles. The first-order chi connectivity index (χ1) is 14.9. The standard InChI is InChI=1S/C22H16Cl2FN3O3/c23-10-3-6-15-12(8-10)22(21(31)26-15)18-17(16-2-1-7-27(16)22)19(29)28(20(18)30)11-4-5-14(25)13(24)9-11/h3-6,8-9,16-18H,1-2,7H2,(H,26,31). The van der Waals surface area contributed by atoms with Crippen LogP contribution < -0.4 is 10.2 Å². The maximum atomic E-state index is 13.8. The highest BCUT2D eigenvalue weighted by molar-refractivity contribution is 6.32. The Kier molecular flexibility index (Phi) is 3.89. The number of carbonyl (C=O) groups excluding carboxylic acids is 3. The first kappa shape index (κ1) is 19.2. The monoisotopic (exact) mass is 459 g/mol. The summed E-state index contributed by atoms with van der Waals surface area (Å²) < 4.78 is 13.7. The van der Waals surface area contributed by atoms with Crippen molar-refractivity contribution in [2.75, 3.05) is 16.8 Å². The molecule has 6 nitrogen and oxygen atoms in total. The summed E-state index contributed by atoms with van der Waals surface area (Å²) in [4.78, 5) is 43.9. The number of halogens is 3. The van der Waals surface area contributed by atoms with Crippen molar-refractivity contribution in [3.63, 3.8) is 0 Å². The first-order valence-electron chi connectivity index (χ1n) is 10.1. The Morgan fingerprint density at radius 2 is 1.87 bits per heavy atom. The van der Waals surface area contributed by atoms with Crippen LogP contribution in [0.15, 0.2) is 36.4 Å². The van der Waals surface area contributed by atoms with Crippen LogP contribution >= 0.6 is 23.2 Å². The van der Waals surface area contributed by atoms with Crippen LogP contribution in [0, 0.1) is 17.7 Å². The molecule has 9 heteroatoms. The number of rotatable bonds is 1. The molecular formula is C22H16Cl2FN3O3. The molecule has 6 rings (SSSR count). The Morgan fingerprint density at radius 1 is 1.06 bits per heavy atom. The molecule has 4 heterocycles. The summed E-state index contributed by atoms with van der Waals surface area (Å²) in [6, 6.07) is 8.63. The minimum Gasteiger partial charge on any atom is -0.324 e. The van der Waals surface area contributed by atoms with Gasteiger partial charge in [-0.05, 0) is 55.8 Å². The minimum atomic E-state index is -1.29. The van der Waals surface area contributed by atoms with Gasteiger partial charge in [-0.3, -0.25) is 19.3 Å². The Bertz CT molecular complexity index is 1200. The number of benzene rings is 2. The lowest BCUT2D eigenvalue weighted by atomic mass is 9.75. The van der Waals surface area contributed by atoms with Gasteiger partial charge in [0.2, 0.25) is 17.7 Å². The summed E-state index contributed by atoms with van der Waals surface area (Å²) in [5, 5.41) is 3.17. The molecule has 4 aliphatic heterocycles. The van der Waals surface area contributed by atoms with Crippen molar-refractivity contribution in [1.82, 2.24) is 4.90 Å². The minimum absolute atomic E-state index is 0.178. The molecular weight excluding hydrogens is 444 g/mol. The third-order valence-corrected chi connectivity index (χ3v) is 7.64. The molecule has 31 heavy (non-hydrogen) atoms. The maximum absolute atomic E-state index is 13.8. The van der Waals surface area contributed by atoms with Crippen LogP contribution in [0.25, 0.3) is 0 Å². The molecule has 4 atom stereocenters. The van der Waals surface area contributed by atoms with Gasteiger partial charge in [0.15, 0.2) is 0 Å². The smallest absolute Gasteiger partial charge is 0.250 e. The maximum Gasteiger partial charge on any atom is 0.250 e. The third kappa shape index (κ3) is 2.24. The molecule has 4 unspecified atom stereocenters. The lowest BCUT2D eigenvalue weighted by molar-refractivity contribution is -0.135. The molecule has 0 radical (unpaired) electrons. The van der Waals surface area contributed by atoms with E-state index in [-0.39, 0.29) is 28.6 Å². The van der Waals surface area contributed by atoms with Gasteiger partial charge in [-0.2, -0.15) is 0 Å².